The zero-order chi connectivity index (χ0) is 15.6. The number of amides is 1. The van der Waals surface area contributed by atoms with Crippen LogP contribution in [0.4, 0.5) is 0 Å². The quantitative estimate of drug-likeness (QED) is 0.342. The molecule has 0 saturated carbocycles. The number of nitrogens with one attached hydrogen (secondary N) is 3. The van der Waals surface area contributed by atoms with E-state index in [1.54, 1.807) is 0 Å². The fraction of sp³-hybridized carbons (Fsp3) is 0.867. The van der Waals surface area contributed by atoms with E-state index < -0.39 is 0 Å². The summed E-state index contributed by atoms with van der Waals surface area (Å²) in [6.45, 7) is 14.4. The molecule has 0 aromatic carbocycles. The van der Waals surface area contributed by atoms with Gasteiger partial charge in [0, 0.05) is 19.1 Å². The van der Waals surface area contributed by atoms with Gasteiger partial charge in [0.1, 0.15) is 6.54 Å². The van der Waals surface area contributed by atoms with E-state index in [1.165, 1.54) is 0 Å². The van der Waals surface area contributed by atoms with Crippen LogP contribution in [0.2, 0.25) is 0 Å². The number of likely N-dealkylation sites (N-methyl/N-ethyl adjacent to an activating group) is 1. The molecule has 0 heterocycles. The van der Waals surface area contributed by atoms with Gasteiger partial charge in [0.15, 0.2) is 5.96 Å². The van der Waals surface area contributed by atoms with Crippen LogP contribution in [-0.4, -0.2) is 37.5 Å². The minimum absolute atomic E-state index is 0. The molecule has 5 nitrogen and oxygen atoms in total. The molecular formula is C15H33IN4O. The van der Waals surface area contributed by atoms with Crippen LogP contribution in [0.25, 0.3) is 0 Å². The van der Waals surface area contributed by atoms with E-state index in [-0.39, 0.29) is 36.4 Å². The molecule has 0 bridgehead atoms. The smallest absolute Gasteiger partial charge is 0.241 e. The fourth-order valence-electron chi connectivity index (χ4n) is 1.68. The standard InChI is InChI=1S/C15H32N4O.HI/c1-7-16-13(20)11-18-14(17-8-2)19-12(3)9-10-15(4,5)6;/h12H,7-11H2,1-6H3,(H,16,20)(H2,17,18,19);1H. The first-order valence-corrected chi connectivity index (χ1v) is 7.60. The number of carbonyl (C=O) groups excluding carboxylic acids is 1. The predicted molar refractivity (Wildman–Crippen MR) is 101 cm³/mol. The van der Waals surface area contributed by atoms with Gasteiger partial charge in [-0.15, -0.1) is 24.0 Å². The average molecular weight is 412 g/mol. The van der Waals surface area contributed by atoms with Crippen molar-refractivity contribution in [2.45, 2.75) is 60.4 Å². The van der Waals surface area contributed by atoms with E-state index in [4.69, 9.17) is 0 Å². The maximum Gasteiger partial charge on any atom is 0.241 e. The molecule has 1 amide bonds. The molecule has 0 aliphatic rings. The zero-order valence-electron chi connectivity index (χ0n) is 14.4. The number of hydrogen-bond acceptors (Lipinski definition) is 2. The second-order valence-electron chi connectivity index (χ2n) is 6.29. The van der Waals surface area contributed by atoms with Crippen molar-refractivity contribution >= 4 is 35.8 Å². The first-order chi connectivity index (χ1) is 9.28. The lowest BCUT2D eigenvalue weighted by Crippen LogP contribution is -2.43. The van der Waals surface area contributed by atoms with Gasteiger partial charge in [0.2, 0.25) is 5.91 Å². The van der Waals surface area contributed by atoms with Crippen molar-refractivity contribution in [2.24, 2.45) is 10.4 Å². The Bertz CT molecular complexity index is 313. The Labute approximate surface area is 147 Å². The molecule has 0 aliphatic carbocycles. The normalized spacial score (nSPS) is 13.1. The second-order valence-corrected chi connectivity index (χ2v) is 6.29. The topological polar surface area (TPSA) is 65.5 Å². The Morgan fingerprint density at radius 3 is 2.19 bits per heavy atom. The Hall–Kier alpha value is -0.530. The highest BCUT2D eigenvalue weighted by molar-refractivity contribution is 14.0. The Morgan fingerprint density at radius 2 is 1.71 bits per heavy atom. The lowest BCUT2D eigenvalue weighted by Gasteiger charge is -2.23. The summed E-state index contributed by atoms with van der Waals surface area (Å²) in [6.07, 6.45) is 2.23. The van der Waals surface area contributed by atoms with Crippen molar-refractivity contribution in [1.29, 1.82) is 0 Å². The van der Waals surface area contributed by atoms with Gasteiger partial charge in [-0.3, -0.25) is 4.79 Å². The van der Waals surface area contributed by atoms with Crippen molar-refractivity contribution < 1.29 is 4.79 Å². The van der Waals surface area contributed by atoms with Crippen molar-refractivity contribution in [3.63, 3.8) is 0 Å². The molecule has 0 spiro atoms. The van der Waals surface area contributed by atoms with Crippen LogP contribution in [0.5, 0.6) is 0 Å². The Morgan fingerprint density at radius 1 is 1.14 bits per heavy atom. The van der Waals surface area contributed by atoms with E-state index in [0.29, 0.717) is 24.0 Å². The molecule has 0 aromatic heterocycles. The maximum atomic E-state index is 11.4. The fourth-order valence-corrected chi connectivity index (χ4v) is 1.68. The van der Waals surface area contributed by atoms with Crippen LogP contribution in [-0.2, 0) is 4.79 Å². The van der Waals surface area contributed by atoms with Crippen molar-refractivity contribution in [2.75, 3.05) is 19.6 Å². The molecule has 0 radical (unpaired) electrons. The highest BCUT2D eigenvalue weighted by atomic mass is 127. The lowest BCUT2D eigenvalue weighted by molar-refractivity contribution is -0.119. The molecule has 6 heteroatoms. The molecule has 21 heavy (non-hydrogen) atoms. The van der Waals surface area contributed by atoms with Crippen LogP contribution >= 0.6 is 24.0 Å². The molecule has 0 aromatic rings. The minimum Gasteiger partial charge on any atom is -0.357 e. The number of rotatable bonds is 7. The predicted octanol–water partition coefficient (Wildman–Crippen LogP) is 2.51. The third-order valence-corrected chi connectivity index (χ3v) is 2.81. The molecule has 0 rings (SSSR count). The van der Waals surface area contributed by atoms with Crippen molar-refractivity contribution in [3.05, 3.63) is 0 Å². The van der Waals surface area contributed by atoms with Crippen molar-refractivity contribution in [1.82, 2.24) is 16.0 Å². The van der Waals surface area contributed by atoms with E-state index in [2.05, 4.69) is 48.6 Å². The minimum atomic E-state index is -0.0490. The summed E-state index contributed by atoms with van der Waals surface area (Å²) in [4.78, 5) is 15.7. The van der Waals surface area contributed by atoms with Gasteiger partial charge in [-0.25, -0.2) is 4.99 Å². The van der Waals surface area contributed by atoms with Gasteiger partial charge in [-0.2, -0.15) is 0 Å². The number of carbonyl (C=O) groups is 1. The molecule has 0 saturated heterocycles. The number of aliphatic imine (C=N–C) groups is 1. The summed E-state index contributed by atoms with van der Waals surface area (Å²) >= 11 is 0. The van der Waals surface area contributed by atoms with E-state index in [1.807, 2.05) is 13.8 Å². The molecule has 1 unspecified atom stereocenters. The monoisotopic (exact) mass is 412 g/mol. The summed E-state index contributed by atoms with van der Waals surface area (Å²) in [5.74, 6) is 0.659. The molecule has 0 aliphatic heterocycles. The highest BCUT2D eigenvalue weighted by Crippen LogP contribution is 2.21. The van der Waals surface area contributed by atoms with Crippen LogP contribution in [0, 0.1) is 5.41 Å². The van der Waals surface area contributed by atoms with E-state index >= 15 is 0 Å². The van der Waals surface area contributed by atoms with Gasteiger partial charge in [-0.05, 0) is 39.0 Å². The first kappa shape index (κ1) is 22.7. The lowest BCUT2D eigenvalue weighted by atomic mass is 9.89. The third-order valence-electron chi connectivity index (χ3n) is 2.81. The third kappa shape index (κ3) is 14.2. The number of halogens is 1. The first-order valence-electron chi connectivity index (χ1n) is 7.60. The molecule has 0 fully saturated rings. The van der Waals surface area contributed by atoms with E-state index in [9.17, 15) is 4.79 Å². The number of hydrogen-bond donors (Lipinski definition) is 3. The molecule has 126 valence electrons. The maximum absolute atomic E-state index is 11.4. The summed E-state index contributed by atoms with van der Waals surface area (Å²) < 4.78 is 0. The van der Waals surface area contributed by atoms with Gasteiger partial charge < -0.3 is 16.0 Å². The molecular weight excluding hydrogens is 379 g/mol. The van der Waals surface area contributed by atoms with Gasteiger partial charge >= 0.3 is 0 Å². The van der Waals surface area contributed by atoms with Crippen LogP contribution in [0.1, 0.15) is 54.4 Å². The second kappa shape index (κ2) is 12.1. The number of guanidine groups is 1. The SMILES string of the molecule is CCNC(=O)CN=C(NCC)NC(C)CCC(C)(C)C.I. The molecule has 1 atom stereocenters. The van der Waals surface area contributed by atoms with E-state index in [0.717, 1.165) is 19.4 Å². The average Bonchev–Trinajstić information content (AvgIpc) is 2.33. The summed E-state index contributed by atoms with van der Waals surface area (Å²) in [5.41, 5.74) is 0.340. The Kier molecular flexibility index (Phi) is 13.1. The van der Waals surface area contributed by atoms with Gasteiger partial charge in [0.05, 0.1) is 0 Å². The van der Waals surface area contributed by atoms with Gasteiger partial charge in [-0.1, -0.05) is 20.8 Å². The van der Waals surface area contributed by atoms with Crippen LogP contribution in [0.15, 0.2) is 4.99 Å². The summed E-state index contributed by atoms with van der Waals surface area (Å²) in [5, 5.41) is 9.25. The zero-order valence-corrected chi connectivity index (χ0v) is 16.7. The number of nitrogens with zero attached hydrogens (tertiary/aromatic N) is 1. The summed E-state index contributed by atoms with van der Waals surface area (Å²) in [6, 6.07) is 0.335. The van der Waals surface area contributed by atoms with Crippen LogP contribution in [0.3, 0.4) is 0 Å². The molecule has 3 N–H and O–H groups in total. The highest BCUT2D eigenvalue weighted by Gasteiger charge is 2.13. The largest absolute Gasteiger partial charge is 0.357 e. The van der Waals surface area contributed by atoms with Crippen LogP contribution < -0.4 is 16.0 Å². The summed E-state index contributed by atoms with van der Waals surface area (Å²) in [7, 11) is 0. The Balaban J connectivity index is 0. The van der Waals surface area contributed by atoms with Crippen molar-refractivity contribution in [3.8, 4) is 0 Å². The van der Waals surface area contributed by atoms with Gasteiger partial charge in [0.25, 0.3) is 0 Å².